The maximum Gasteiger partial charge on any atom is 0.326 e. The van der Waals surface area contributed by atoms with Crippen LogP contribution in [0.2, 0.25) is 0 Å². The molecule has 1 heterocycles. The summed E-state index contributed by atoms with van der Waals surface area (Å²) in [5.41, 5.74) is 0. The van der Waals surface area contributed by atoms with Crippen molar-refractivity contribution < 1.29 is 24.6 Å². The van der Waals surface area contributed by atoms with Gasteiger partial charge in [0.15, 0.2) is 0 Å². The first-order valence-electron chi connectivity index (χ1n) is 6.84. The highest BCUT2D eigenvalue weighted by molar-refractivity contribution is 5.86. The van der Waals surface area contributed by atoms with Crippen LogP contribution in [0.3, 0.4) is 0 Å². The number of hydrogen-bond donors (Lipinski definition) is 4. The number of piperidine rings is 1. The molecule has 0 aliphatic carbocycles. The lowest BCUT2D eigenvalue weighted by Crippen LogP contribution is -2.43. The van der Waals surface area contributed by atoms with Gasteiger partial charge in [-0.05, 0) is 37.8 Å². The zero-order chi connectivity index (χ0) is 15.1. The van der Waals surface area contributed by atoms with Gasteiger partial charge in [-0.3, -0.25) is 9.59 Å². The average Bonchev–Trinajstić information content (AvgIpc) is 2.38. The van der Waals surface area contributed by atoms with E-state index < -0.39 is 30.3 Å². The summed E-state index contributed by atoms with van der Waals surface area (Å²) in [6.07, 6.45) is 1.74. The molecule has 3 unspecified atom stereocenters. The highest BCUT2D eigenvalue weighted by Gasteiger charge is 2.26. The second-order valence-corrected chi connectivity index (χ2v) is 5.34. The minimum atomic E-state index is -1.36. The number of carbonyl (C=O) groups is 3. The highest BCUT2D eigenvalue weighted by Crippen LogP contribution is 2.22. The first kappa shape index (κ1) is 16.4. The number of carboxylic acid groups (broad SMARTS) is 2. The number of carbonyl (C=O) groups excluding carboxylic acids is 1. The Labute approximate surface area is 117 Å². The van der Waals surface area contributed by atoms with Gasteiger partial charge in [-0.15, -0.1) is 0 Å². The number of carboxylic acids is 2. The SMILES string of the molecule is CC(CC(=O)NC(CC(=O)O)C(=O)O)C1CCCNC1. The Balaban J connectivity index is 2.43. The lowest BCUT2D eigenvalue weighted by atomic mass is 9.85. The molecule has 4 N–H and O–H groups in total. The van der Waals surface area contributed by atoms with E-state index >= 15 is 0 Å². The van der Waals surface area contributed by atoms with Crippen molar-refractivity contribution in [1.29, 1.82) is 0 Å². The van der Waals surface area contributed by atoms with Gasteiger partial charge in [-0.1, -0.05) is 6.92 Å². The van der Waals surface area contributed by atoms with E-state index in [1.165, 1.54) is 0 Å². The Hall–Kier alpha value is -1.63. The van der Waals surface area contributed by atoms with E-state index in [0.29, 0.717) is 5.92 Å². The number of amides is 1. The van der Waals surface area contributed by atoms with E-state index in [1.807, 2.05) is 6.92 Å². The fraction of sp³-hybridized carbons (Fsp3) is 0.769. The van der Waals surface area contributed by atoms with Crippen LogP contribution in [0, 0.1) is 11.8 Å². The second-order valence-electron chi connectivity index (χ2n) is 5.34. The minimum Gasteiger partial charge on any atom is -0.481 e. The Morgan fingerprint density at radius 1 is 1.30 bits per heavy atom. The number of hydrogen-bond acceptors (Lipinski definition) is 4. The van der Waals surface area contributed by atoms with Gasteiger partial charge in [0, 0.05) is 6.42 Å². The summed E-state index contributed by atoms with van der Waals surface area (Å²) in [5.74, 6) is -2.44. The molecule has 114 valence electrons. The van der Waals surface area contributed by atoms with Gasteiger partial charge < -0.3 is 20.8 Å². The summed E-state index contributed by atoms with van der Waals surface area (Å²) in [6.45, 7) is 3.82. The Morgan fingerprint density at radius 2 is 2.00 bits per heavy atom. The molecule has 0 aromatic heterocycles. The molecular formula is C13H22N2O5. The van der Waals surface area contributed by atoms with E-state index in [-0.39, 0.29) is 12.3 Å². The van der Waals surface area contributed by atoms with Crippen LogP contribution < -0.4 is 10.6 Å². The molecule has 20 heavy (non-hydrogen) atoms. The summed E-state index contributed by atoms with van der Waals surface area (Å²) in [5, 5.41) is 23.0. The molecule has 0 spiro atoms. The molecule has 0 radical (unpaired) electrons. The normalized spacial score (nSPS) is 21.8. The molecule has 1 fully saturated rings. The summed E-state index contributed by atoms with van der Waals surface area (Å²) in [7, 11) is 0. The van der Waals surface area contributed by atoms with Crippen molar-refractivity contribution in [3.8, 4) is 0 Å². The first-order valence-corrected chi connectivity index (χ1v) is 6.84. The van der Waals surface area contributed by atoms with Crippen molar-refractivity contribution in [2.45, 2.75) is 38.6 Å². The molecule has 1 aliphatic rings. The third-order valence-corrected chi connectivity index (χ3v) is 3.66. The van der Waals surface area contributed by atoms with Crippen LogP contribution in [0.15, 0.2) is 0 Å². The Morgan fingerprint density at radius 3 is 2.50 bits per heavy atom. The molecule has 1 amide bonds. The average molecular weight is 286 g/mol. The zero-order valence-electron chi connectivity index (χ0n) is 11.6. The molecular weight excluding hydrogens is 264 g/mol. The number of aliphatic carboxylic acids is 2. The lowest BCUT2D eigenvalue weighted by molar-refractivity contribution is -0.147. The number of rotatable bonds is 7. The quantitative estimate of drug-likeness (QED) is 0.526. The molecule has 0 aromatic rings. The van der Waals surface area contributed by atoms with E-state index in [4.69, 9.17) is 10.2 Å². The topological polar surface area (TPSA) is 116 Å². The first-order chi connectivity index (χ1) is 9.40. The zero-order valence-corrected chi connectivity index (χ0v) is 11.6. The van der Waals surface area contributed by atoms with Crippen LogP contribution in [-0.4, -0.2) is 47.2 Å². The van der Waals surface area contributed by atoms with Crippen molar-refractivity contribution in [3.63, 3.8) is 0 Å². The molecule has 1 rings (SSSR count). The third kappa shape index (κ3) is 5.56. The van der Waals surface area contributed by atoms with Crippen molar-refractivity contribution in [1.82, 2.24) is 10.6 Å². The van der Waals surface area contributed by atoms with Gasteiger partial charge in [0.25, 0.3) is 0 Å². The van der Waals surface area contributed by atoms with Crippen molar-refractivity contribution >= 4 is 17.8 Å². The molecule has 1 aliphatic heterocycles. The standard InChI is InChI=1S/C13H22N2O5/c1-8(9-3-2-4-14-7-9)5-11(16)15-10(13(19)20)6-12(17)18/h8-10,14H,2-7H2,1H3,(H,15,16)(H,17,18)(H,19,20). The van der Waals surface area contributed by atoms with Crippen LogP contribution in [0.5, 0.6) is 0 Å². The maximum absolute atomic E-state index is 11.8. The predicted molar refractivity (Wildman–Crippen MR) is 71.2 cm³/mol. The van der Waals surface area contributed by atoms with Gasteiger partial charge in [0.2, 0.25) is 5.91 Å². The monoisotopic (exact) mass is 286 g/mol. The molecule has 7 nitrogen and oxygen atoms in total. The van der Waals surface area contributed by atoms with Crippen LogP contribution >= 0.6 is 0 Å². The second kappa shape index (κ2) is 7.84. The molecule has 0 aromatic carbocycles. The van der Waals surface area contributed by atoms with Gasteiger partial charge in [-0.25, -0.2) is 4.79 Å². The highest BCUT2D eigenvalue weighted by atomic mass is 16.4. The van der Waals surface area contributed by atoms with E-state index in [2.05, 4.69) is 10.6 Å². The van der Waals surface area contributed by atoms with Crippen molar-refractivity contribution in [3.05, 3.63) is 0 Å². The minimum absolute atomic E-state index is 0.141. The van der Waals surface area contributed by atoms with Crippen LogP contribution in [0.4, 0.5) is 0 Å². The molecule has 7 heteroatoms. The van der Waals surface area contributed by atoms with Crippen molar-refractivity contribution in [2.75, 3.05) is 13.1 Å². The third-order valence-electron chi connectivity index (χ3n) is 3.66. The van der Waals surface area contributed by atoms with E-state index in [0.717, 1.165) is 25.9 Å². The van der Waals surface area contributed by atoms with Crippen LogP contribution in [-0.2, 0) is 14.4 Å². The fourth-order valence-electron chi connectivity index (χ4n) is 2.45. The molecule has 0 saturated carbocycles. The summed E-state index contributed by atoms with van der Waals surface area (Å²) >= 11 is 0. The Bertz CT molecular complexity index is 366. The molecule has 3 atom stereocenters. The lowest BCUT2D eigenvalue weighted by Gasteiger charge is -2.28. The van der Waals surface area contributed by atoms with E-state index in [9.17, 15) is 14.4 Å². The molecule has 1 saturated heterocycles. The van der Waals surface area contributed by atoms with Gasteiger partial charge >= 0.3 is 11.9 Å². The Kier molecular flexibility index (Phi) is 6.44. The number of nitrogens with one attached hydrogen (secondary N) is 2. The van der Waals surface area contributed by atoms with Crippen LogP contribution in [0.1, 0.15) is 32.6 Å². The molecule has 0 bridgehead atoms. The maximum atomic E-state index is 11.8. The van der Waals surface area contributed by atoms with E-state index in [1.54, 1.807) is 0 Å². The summed E-state index contributed by atoms with van der Waals surface area (Å²) in [6, 6.07) is -1.36. The van der Waals surface area contributed by atoms with Crippen LogP contribution in [0.25, 0.3) is 0 Å². The summed E-state index contributed by atoms with van der Waals surface area (Å²) < 4.78 is 0. The largest absolute Gasteiger partial charge is 0.481 e. The predicted octanol–water partition coefficient (Wildman–Crippen LogP) is 0.0563. The van der Waals surface area contributed by atoms with Gasteiger partial charge in [0.1, 0.15) is 6.04 Å². The summed E-state index contributed by atoms with van der Waals surface area (Å²) in [4.78, 5) is 33.2. The van der Waals surface area contributed by atoms with Crippen molar-refractivity contribution in [2.24, 2.45) is 11.8 Å². The van der Waals surface area contributed by atoms with Gasteiger partial charge in [0.05, 0.1) is 6.42 Å². The smallest absolute Gasteiger partial charge is 0.326 e. The fourth-order valence-corrected chi connectivity index (χ4v) is 2.45. The van der Waals surface area contributed by atoms with Gasteiger partial charge in [-0.2, -0.15) is 0 Å².